The lowest BCUT2D eigenvalue weighted by Crippen LogP contribution is -2.14. The molecule has 8 heteroatoms. The molecule has 1 N–H and O–H groups in total. The smallest absolute Gasteiger partial charge is 0.275 e. The molecular weight excluding hydrogens is 324 g/mol. The van der Waals surface area contributed by atoms with Gasteiger partial charge < -0.3 is 5.32 Å². The maximum absolute atomic E-state index is 12.5. The summed E-state index contributed by atoms with van der Waals surface area (Å²) in [7, 11) is 1.85. The Balaban J connectivity index is 1.82. The van der Waals surface area contributed by atoms with E-state index in [0.29, 0.717) is 5.69 Å². The molecule has 0 fully saturated rings. The van der Waals surface area contributed by atoms with E-state index >= 15 is 0 Å². The number of nitrogens with one attached hydrogen (secondary N) is 1. The number of nitrogens with zero attached hydrogens (tertiary/aromatic N) is 5. The summed E-state index contributed by atoms with van der Waals surface area (Å²) < 4.78 is 3.62. The van der Waals surface area contributed by atoms with Crippen molar-refractivity contribution in [3.8, 4) is 10.6 Å². The number of carbonyl (C=O) groups excluding carboxylic acids is 1. The van der Waals surface area contributed by atoms with E-state index in [9.17, 15) is 4.79 Å². The van der Waals surface area contributed by atoms with Gasteiger partial charge in [-0.15, -0.1) is 11.3 Å². The highest BCUT2D eigenvalue weighted by atomic mass is 32.1. The van der Waals surface area contributed by atoms with E-state index in [2.05, 4.69) is 34.3 Å². The van der Waals surface area contributed by atoms with Crippen LogP contribution in [0.25, 0.3) is 10.6 Å². The van der Waals surface area contributed by atoms with Gasteiger partial charge in [-0.2, -0.15) is 10.2 Å². The van der Waals surface area contributed by atoms with E-state index in [1.165, 1.54) is 11.3 Å². The van der Waals surface area contributed by atoms with Gasteiger partial charge >= 0.3 is 0 Å². The molecule has 3 aromatic heterocycles. The zero-order valence-electron chi connectivity index (χ0n) is 14.4. The number of rotatable bonds is 4. The number of hydrogen-bond acceptors (Lipinski definition) is 5. The number of aryl methyl sites for hydroxylation is 2. The second-order valence-corrected chi connectivity index (χ2v) is 6.84. The highest BCUT2D eigenvalue weighted by Gasteiger charge is 2.18. The Morgan fingerprint density at radius 3 is 2.67 bits per heavy atom. The number of carbonyl (C=O) groups is 1. The molecule has 0 unspecified atom stereocenters. The number of hydrogen-bond donors (Lipinski definition) is 1. The van der Waals surface area contributed by atoms with Crippen molar-refractivity contribution >= 4 is 22.9 Å². The van der Waals surface area contributed by atoms with Crippen molar-refractivity contribution in [1.82, 2.24) is 24.5 Å². The van der Waals surface area contributed by atoms with Crippen molar-refractivity contribution < 1.29 is 4.79 Å². The van der Waals surface area contributed by atoms with Crippen LogP contribution in [0.15, 0.2) is 17.8 Å². The Morgan fingerprint density at radius 2 is 2.08 bits per heavy atom. The van der Waals surface area contributed by atoms with Gasteiger partial charge in [0.2, 0.25) is 0 Å². The number of thiazole rings is 1. The molecule has 0 saturated heterocycles. The molecule has 3 aromatic rings. The maximum Gasteiger partial charge on any atom is 0.275 e. The Bertz CT molecular complexity index is 888. The predicted octanol–water partition coefficient (Wildman–Crippen LogP) is 3.19. The minimum absolute atomic E-state index is 0.226. The molecule has 126 valence electrons. The molecule has 0 aliphatic rings. The molecule has 3 rings (SSSR count). The molecule has 7 nitrogen and oxygen atoms in total. The lowest BCUT2D eigenvalue weighted by Gasteiger charge is -2.08. The summed E-state index contributed by atoms with van der Waals surface area (Å²) in [6.45, 7) is 7.97. The summed E-state index contributed by atoms with van der Waals surface area (Å²) in [5.74, 6) is -0.226. The standard InChI is InChI=1S/C16H20N6OS/c1-9(2)22-11(4)14(10(3)20-22)19-15(23)13-8-24-16(18-13)12-6-17-21(5)7-12/h6-9H,1-5H3,(H,19,23). The van der Waals surface area contributed by atoms with Gasteiger partial charge in [-0.1, -0.05) is 0 Å². The second kappa shape index (κ2) is 6.20. The summed E-state index contributed by atoms with van der Waals surface area (Å²) in [4.78, 5) is 16.9. The van der Waals surface area contributed by atoms with Crippen LogP contribution in [0.3, 0.4) is 0 Å². The topological polar surface area (TPSA) is 77.6 Å². The molecule has 0 atom stereocenters. The summed E-state index contributed by atoms with van der Waals surface area (Å²) in [6, 6.07) is 0.241. The molecule has 0 aromatic carbocycles. The highest BCUT2D eigenvalue weighted by Crippen LogP contribution is 2.25. The van der Waals surface area contributed by atoms with E-state index in [-0.39, 0.29) is 11.9 Å². The van der Waals surface area contributed by atoms with Crippen LogP contribution in [-0.4, -0.2) is 30.5 Å². The number of amides is 1. The third-order valence-electron chi connectivity index (χ3n) is 3.74. The molecule has 0 spiro atoms. The molecule has 0 aliphatic carbocycles. The zero-order valence-corrected chi connectivity index (χ0v) is 15.2. The number of anilines is 1. The van der Waals surface area contributed by atoms with Crippen LogP contribution in [0.5, 0.6) is 0 Å². The third kappa shape index (κ3) is 2.96. The van der Waals surface area contributed by atoms with E-state index in [0.717, 1.165) is 27.6 Å². The molecule has 0 radical (unpaired) electrons. The fraction of sp³-hybridized carbons (Fsp3) is 0.375. The van der Waals surface area contributed by atoms with Crippen LogP contribution < -0.4 is 5.32 Å². The maximum atomic E-state index is 12.5. The first-order valence-electron chi connectivity index (χ1n) is 7.68. The van der Waals surface area contributed by atoms with Crippen LogP contribution in [0, 0.1) is 13.8 Å². The van der Waals surface area contributed by atoms with E-state index in [4.69, 9.17) is 0 Å². The van der Waals surface area contributed by atoms with Crippen LogP contribution in [0.2, 0.25) is 0 Å². The molecule has 0 bridgehead atoms. The molecular formula is C16H20N6OS. The number of aromatic nitrogens is 5. The monoisotopic (exact) mass is 344 g/mol. The molecule has 3 heterocycles. The third-order valence-corrected chi connectivity index (χ3v) is 4.63. The Kier molecular flexibility index (Phi) is 4.23. The minimum Gasteiger partial charge on any atom is -0.317 e. The van der Waals surface area contributed by atoms with Gasteiger partial charge in [0.15, 0.2) is 0 Å². The van der Waals surface area contributed by atoms with Gasteiger partial charge in [0, 0.05) is 30.2 Å². The fourth-order valence-electron chi connectivity index (χ4n) is 2.57. The van der Waals surface area contributed by atoms with Crippen molar-refractivity contribution in [2.24, 2.45) is 7.05 Å². The normalized spacial score (nSPS) is 11.2. The largest absolute Gasteiger partial charge is 0.317 e. The first-order chi connectivity index (χ1) is 11.4. The van der Waals surface area contributed by atoms with Crippen molar-refractivity contribution in [1.29, 1.82) is 0 Å². The van der Waals surface area contributed by atoms with E-state index in [1.807, 2.05) is 31.8 Å². The fourth-order valence-corrected chi connectivity index (χ4v) is 3.34. The average molecular weight is 344 g/mol. The van der Waals surface area contributed by atoms with Gasteiger partial charge in [-0.25, -0.2) is 4.98 Å². The van der Waals surface area contributed by atoms with E-state index < -0.39 is 0 Å². The predicted molar refractivity (Wildman–Crippen MR) is 94.4 cm³/mol. The van der Waals surface area contributed by atoms with Gasteiger partial charge in [0.1, 0.15) is 10.7 Å². The molecule has 1 amide bonds. The lowest BCUT2D eigenvalue weighted by atomic mass is 10.3. The Hall–Kier alpha value is -2.48. The van der Waals surface area contributed by atoms with Gasteiger partial charge in [0.25, 0.3) is 5.91 Å². The summed E-state index contributed by atoms with van der Waals surface area (Å²) in [6.07, 6.45) is 3.61. The van der Waals surface area contributed by atoms with Crippen LogP contribution >= 0.6 is 11.3 Å². The van der Waals surface area contributed by atoms with Crippen LogP contribution in [0.1, 0.15) is 41.8 Å². The van der Waals surface area contributed by atoms with Crippen molar-refractivity contribution in [2.45, 2.75) is 33.7 Å². The first-order valence-corrected chi connectivity index (χ1v) is 8.56. The van der Waals surface area contributed by atoms with Crippen LogP contribution in [0.4, 0.5) is 5.69 Å². The highest BCUT2D eigenvalue weighted by molar-refractivity contribution is 7.13. The van der Waals surface area contributed by atoms with Crippen molar-refractivity contribution in [3.63, 3.8) is 0 Å². The summed E-state index contributed by atoms with van der Waals surface area (Å²) in [5, 5.41) is 14.1. The molecule has 0 saturated carbocycles. The van der Waals surface area contributed by atoms with Crippen molar-refractivity contribution in [2.75, 3.05) is 5.32 Å². The zero-order chi connectivity index (χ0) is 17.4. The molecule has 0 aliphatic heterocycles. The Morgan fingerprint density at radius 1 is 1.33 bits per heavy atom. The van der Waals surface area contributed by atoms with Gasteiger partial charge in [0.05, 0.1) is 23.3 Å². The minimum atomic E-state index is -0.226. The first kappa shape index (κ1) is 16.4. The van der Waals surface area contributed by atoms with Gasteiger partial charge in [-0.05, 0) is 27.7 Å². The molecule has 24 heavy (non-hydrogen) atoms. The lowest BCUT2D eigenvalue weighted by molar-refractivity contribution is 0.102. The second-order valence-electron chi connectivity index (χ2n) is 5.98. The van der Waals surface area contributed by atoms with E-state index in [1.54, 1.807) is 16.3 Å². The van der Waals surface area contributed by atoms with Gasteiger partial charge in [-0.3, -0.25) is 14.2 Å². The quantitative estimate of drug-likeness (QED) is 0.788. The van der Waals surface area contributed by atoms with Crippen molar-refractivity contribution in [3.05, 3.63) is 34.9 Å². The Labute approximate surface area is 144 Å². The average Bonchev–Trinajstić information content (AvgIpc) is 3.22. The van der Waals surface area contributed by atoms with Crippen LogP contribution in [-0.2, 0) is 7.05 Å². The summed E-state index contributed by atoms with van der Waals surface area (Å²) >= 11 is 1.43. The SMILES string of the molecule is Cc1nn(C(C)C)c(C)c1NC(=O)c1csc(-c2cnn(C)c2)n1. The summed E-state index contributed by atoms with van der Waals surface area (Å²) in [5.41, 5.74) is 3.80.